The summed E-state index contributed by atoms with van der Waals surface area (Å²) in [6.45, 7) is 7.16. The van der Waals surface area contributed by atoms with Crippen molar-refractivity contribution in [2.45, 2.75) is 25.8 Å². The Hall–Kier alpha value is -3.03. The highest BCUT2D eigenvalue weighted by atomic mass is 79.9. The van der Waals surface area contributed by atoms with Crippen molar-refractivity contribution in [3.63, 3.8) is 0 Å². The molecular formula is C27H32BrN6O2+. The first-order valence-electron chi connectivity index (χ1n) is 12.2. The number of ether oxygens (including phenoxy) is 1. The number of nitriles is 1. The van der Waals surface area contributed by atoms with Crippen LogP contribution in [0.1, 0.15) is 25.3 Å². The van der Waals surface area contributed by atoms with E-state index in [1.165, 1.54) is 0 Å². The Morgan fingerprint density at radius 2 is 1.86 bits per heavy atom. The zero-order valence-corrected chi connectivity index (χ0v) is 22.1. The van der Waals surface area contributed by atoms with Crippen LogP contribution in [0.5, 0.6) is 0 Å². The highest BCUT2D eigenvalue weighted by Gasteiger charge is 2.26. The van der Waals surface area contributed by atoms with Crippen LogP contribution in [0.15, 0.2) is 58.2 Å². The van der Waals surface area contributed by atoms with Gasteiger partial charge < -0.3 is 20.4 Å². The summed E-state index contributed by atoms with van der Waals surface area (Å²) in [5.41, 5.74) is 3.86. The summed E-state index contributed by atoms with van der Waals surface area (Å²) in [5.74, 6) is -0.377. The number of carbonyl (C=O) groups excluding carboxylic acids is 1. The highest BCUT2D eigenvalue weighted by Crippen LogP contribution is 2.26. The van der Waals surface area contributed by atoms with Gasteiger partial charge in [-0.05, 0) is 43.2 Å². The Morgan fingerprint density at radius 3 is 2.50 bits per heavy atom. The third-order valence-corrected chi connectivity index (χ3v) is 7.33. The van der Waals surface area contributed by atoms with Gasteiger partial charge in [0.15, 0.2) is 0 Å². The predicted octanol–water partition coefficient (Wildman–Crippen LogP) is 3.38. The van der Waals surface area contributed by atoms with E-state index in [0.717, 1.165) is 74.3 Å². The number of carbonyl (C=O) groups is 1. The molecule has 1 amide bonds. The molecule has 188 valence electrons. The first kappa shape index (κ1) is 26.0. The predicted molar refractivity (Wildman–Crippen MR) is 145 cm³/mol. The lowest BCUT2D eigenvalue weighted by Crippen LogP contribution is -2.75. The number of benzene rings is 2. The normalized spacial score (nSPS) is 17.8. The first-order valence-corrected chi connectivity index (χ1v) is 13.0. The van der Waals surface area contributed by atoms with Gasteiger partial charge in [-0.15, -0.1) is 0 Å². The average molecular weight is 552 g/mol. The van der Waals surface area contributed by atoms with Crippen molar-refractivity contribution in [2.24, 2.45) is 0 Å². The summed E-state index contributed by atoms with van der Waals surface area (Å²) in [6, 6.07) is 16.1. The Morgan fingerprint density at radius 1 is 1.17 bits per heavy atom. The molecule has 2 aromatic rings. The van der Waals surface area contributed by atoms with Crippen molar-refractivity contribution in [3.8, 4) is 6.07 Å². The molecule has 36 heavy (non-hydrogen) atoms. The van der Waals surface area contributed by atoms with Crippen molar-refractivity contribution >= 4 is 45.1 Å². The molecule has 0 saturated carbocycles. The van der Waals surface area contributed by atoms with E-state index in [-0.39, 0.29) is 11.5 Å². The monoisotopic (exact) mass is 551 g/mol. The fourth-order valence-corrected chi connectivity index (χ4v) is 5.07. The summed E-state index contributed by atoms with van der Waals surface area (Å²) < 4.78 is 6.47. The molecule has 0 aromatic heterocycles. The second-order valence-corrected chi connectivity index (χ2v) is 10.0. The number of halogens is 1. The van der Waals surface area contributed by atoms with Crippen molar-refractivity contribution in [2.75, 3.05) is 49.6 Å². The maximum atomic E-state index is 12.9. The number of nitrogens with one attached hydrogen (secondary N) is 2. The molecule has 2 saturated heterocycles. The van der Waals surface area contributed by atoms with Crippen LogP contribution in [-0.4, -0.2) is 62.5 Å². The van der Waals surface area contributed by atoms with Gasteiger partial charge in [-0.1, -0.05) is 15.9 Å². The van der Waals surface area contributed by atoms with Crippen LogP contribution in [0.3, 0.4) is 0 Å². The van der Waals surface area contributed by atoms with Gasteiger partial charge in [-0.2, -0.15) is 5.26 Å². The number of piperazine rings is 1. The van der Waals surface area contributed by atoms with Crippen molar-refractivity contribution in [1.29, 1.82) is 10.7 Å². The number of nitrogens with two attached hydrogens (primary N) is 1. The number of rotatable bonds is 7. The second-order valence-electron chi connectivity index (χ2n) is 9.10. The van der Waals surface area contributed by atoms with E-state index < -0.39 is 0 Å². The van der Waals surface area contributed by atoms with E-state index in [1.54, 1.807) is 6.07 Å². The van der Waals surface area contributed by atoms with Gasteiger partial charge >= 0.3 is 0 Å². The number of hydrogen-bond donors (Lipinski definition) is 3. The number of nitrogens with zero attached hydrogens (tertiary/aromatic N) is 3. The van der Waals surface area contributed by atoms with Crippen LogP contribution in [0.2, 0.25) is 0 Å². The third kappa shape index (κ3) is 6.39. The Balaban J connectivity index is 1.41. The molecule has 2 fully saturated rings. The molecule has 0 atom stereocenters. The minimum Gasteiger partial charge on any atom is -0.381 e. The fraction of sp³-hybridized carbons (Fsp3) is 0.370. The summed E-state index contributed by atoms with van der Waals surface area (Å²) in [4.78, 5) is 17.7. The number of allylic oxidation sites excluding steroid dienone is 1. The molecule has 4 N–H and O–H groups in total. The van der Waals surface area contributed by atoms with E-state index in [9.17, 15) is 10.1 Å². The number of amides is 1. The zero-order chi connectivity index (χ0) is 25.5. The van der Waals surface area contributed by atoms with E-state index in [0.29, 0.717) is 23.0 Å². The van der Waals surface area contributed by atoms with Crippen molar-refractivity contribution in [1.82, 2.24) is 4.90 Å². The smallest absolute Gasteiger partial charge is 0.262 e. The number of hydrogen-bond acceptors (Lipinski definition) is 6. The molecule has 0 bridgehead atoms. The van der Waals surface area contributed by atoms with Crippen LogP contribution < -0.4 is 15.5 Å². The van der Waals surface area contributed by atoms with E-state index in [2.05, 4.69) is 37.1 Å². The summed E-state index contributed by atoms with van der Waals surface area (Å²) in [7, 11) is 0. The SMILES string of the molecule is C/C([NH2+]c1ccc(Br)cc1)=C(/C=N)C(=O)Nc1ccc(N2CCN(C3CCOCC3)CC2)c(C#N)c1. The summed E-state index contributed by atoms with van der Waals surface area (Å²) in [6.07, 6.45) is 3.24. The van der Waals surface area contributed by atoms with Gasteiger partial charge in [0.2, 0.25) is 0 Å². The van der Waals surface area contributed by atoms with Crippen LogP contribution in [0, 0.1) is 16.7 Å². The Kier molecular flexibility index (Phi) is 8.88. The molecule has 9 heteroatoms. The molecular weight excluding hydrogens is 520 g/mol. The lowest BCUT2D eigenvalue weighted by molar-refractivity contribution is -0.517. The van der Waals surface area contributed by atoms with Crippen LogP contribution in [0.4, 0.5) is 17.1 Å². The average Bonchev–Trinajstić information content (AvgIpc) is 2.91. The Labute approximate surface area is 220 Å². The number of anilines is 2. The van der Waals surface area contributed by atoms with E-state index >= 15 is 0 Å². The van der Waals surface area contributed by atoms with Crippen LogP contribution in [-0.2, 0) is 9.53 Å². The molecule has 0 aliphatic carbocycles. The van der Waals surface area contributed by atoms with Gasteiger partial charge in [0.1, 0.15) is 23.0 Å². The fourth-order valence-electron chi connectivity index (χ4n) is 4.80. The van der Waals surface area contributed by atoms with E-state index in [4.69, 9.17) is 10.1 Å². The molecule has 4 rings (SSSR count). The molecule has 8 nitrogen and oxygen atoms in total. The quantitative estimate of drug-likeness (QED) is 0.277. The summed E-state index contributed by atoms with van der Waals surface area (Å²) >= 11 is 3.42. The van der Waals surface area contributed by atoms with Gasteiger partial charge in [0.05, 0.1) is 11.3 Å². The standard InChI is InChI=1S/C27H31BrN6O2/c1-19(31-22-4-2-21(28)3-5-22)25(18-30)27(35)32-23-6-7-26(20(16-23)17-29)34-12-10-33(11-13-34)24-8-14-36-15-9-24/h2-7,16,18,24,30-31H,8-15H2,1H3,(H,32,35)/p+1/b25-19+,30-18?. The maximum absolute atomic E-state index is 12.9. The minimum atomic E-state index is -0.377. The maximum Gasteiger partial charge on any atom is 0.262 e. The Bertz CT molecular complexity index is 1160. The molecule has 2 aliphatic heterocycles. The lowest BCUT2D eigenvalue weighted by Gasteiger charge is -2.41. The highest BCUT2D eigenvalue weighted by molar-refractivity contribution is 9.10. The van der Waals surface area contributed by atoms with Gasteiger partial charge in [-0.3, -0.25) is 15.0 Å². The van der Waals surface area contributed by atoms with Crippen LogP contribution in [0.25, 0.3) is 0 Å². The minimum absolute atomic E-state index is 0.268. The third-order valence-electron chi connectivity index (χ3n) is 6.80. The van der Waals surface area contributed by atoms with Gasteiger partial charge in [0.25, 0.3) is 5.91 Å². The first-order chi connectivity index (χ1) is 17.5. The molecule has 2 aromatic carbocycles. The molecule has 0 radical (unpaired) electrons. The molecule has 0 unspecified atom stereocenters. The van der Waals surface area contributed by atoms with Crippen LogP contribution >= 0.6 is 15.9 Å². The lowest BCUT2D eigenvalue weighted by atomic mass is 10.1. The molecule has 2 aliphatic rings. The second kappa shape index (κ2) is 12.3. The van der Waals surface area contributed by atoms with Gasteiger partial charge in [0, 0.05) is 80.9 Å². The van der Waals surface area contributed by atoms with Crippen molar-refractivity contribution in [3.05, 3.63) is 63.8 Å². The molecule has 2 heterocycles. The van der Waals surface area contributed by atoms with Crippen molar-refractivity contribution < 1.29 is 14.8 Å². The van der Waals surface area contributed by atoms with E-state index in [1.807, 2.05) is 48.6 Å². The van der Waals surface area contributed by atoms with Gasteiger partial charge in [-0.25, -0.2) is 0 Å². The largest absolute Gasteiger partial charge is 0.381 e. The number of quaternary nitrogens is 1. The zero-order valence-electron chi connectivity index (χ0n) is 20.5. The summed E-state index contributed by atoms with van der Waals surface area (Å²) in [5, 5.41) is 22.3. The molecule has 0 spiro atoms. The topological polar surface area (TPSA) is 109 Å².